The van der Waals surface area contributed by atoms with E-state index in [1.807, 2.05) is 47.4 Å². The summed E-state index contributed by atoms with van der Waals surface area (Å²) in [7, 11) is 0. The first kappa shape index (κ1) is 25.6. The summed E-state index contributed by atoms with van der Waals surface area (Å²) in [5.41, 5.74) is 9.99. The molecule has 2 aliphatic heterocycles. The van der Waals surface area contributed by atoms with E-state index in [9.17, 15) is 9.59 Å². The highest BCUT2D eigenvalue weighted by Gasteiger charge is 2.29. The Kier molecular flexibility index (Phi) is 7.81. The second-order valence-corrected chi connectivity index (χ2v) is 9.75. The van der Waals surface area contributed by atoms with Gasteiger partial charge in [-0.25, -0.2) is 9.97 Å². The van der Waals surface area contributed by atoms with E-state index in [1.54, 1.807) is 13.1 Å². The van der Waals surface area contributed by atoms with Gasteiger partial charge in [0.1, 0.15) is 0 Å². The normalized spacial score (nSPS) is 18.2. The van der Waals surface area contributed by atoms with E-state index in [0.717, 1.165) is 68.2 Å². The summed E-state index contributed by atoms with van der Waals surface area (Å²) >= 11 is 0. The lowest BCUT2D eigenvalue weighted by molar-refractivity contribution is -0.133. The maximum absolute atomic E-state index is 12.7. The average molecular weight is 515 g/mol. The van der Waals surface area contributed by atoms with Crippen molar-refractivity contribution in [2.75, 3.05) is 48.3 Å². The van der Waals surface area contributed by atoms with Crippen LogP contribution in [0.3, 0.4) is 0 Å². The van der Waals surface area contributed by atoms with Crippen molar-refractivity contribution in [3.05, 3.63) is 60.8 Å². The summed E-state index contributed by atoms with van der Waals surface area (Å²) in [6.07, 6.45) is 3.74. The molecule has 2 aliphatic rings. The summed E-state index contributed by atoms with van der Waals surface area (Å²) in [6, 6.07) is 16.9. The van der Waals surface area contributed by atoms with Crippen molar-refractivity contribution < 1.29 is 9.59 Å². The van der Waals surface area contributed by atoms with E-state index in [-0.39, 0.29) is 17.9 Å². The molecule has 10 heteroatoms. The van der Waals surface area contributed by atoms with Crippen LogP contribution in [0.15, 0.2) is 60.8 Å². The van der Waals surface area contributed by atoms with Gasteiger partial charge in [-0.3, -0.25) is 9.59 Å². The molecule has 2 fully saturated rings. The van der Waals surface area contributed by atoms with E-state index in [4.69, 9.17) is 5.73 Å². The van der Waals surface area contributed by atoms with Crippen molar-refractivity contribution >= 4 is 34.8 Å². The van der Waals surface area contributed by atoms with Gasteiger partial charge in [0.2, 0.25) is 17.8 Å². The summed E-state index contributed by atoms with van der Waals surface area (Å²) in [5.74, 6) is 0.511. The molecule has 38 heavy (non-hydrogen) atoms. The van der Waals surface area contributed by atoms with Crippen molar-refractivity contribution in [2.24, 2.45) is 5.73 Å². The molecule has 0 unspecified atom stereocenters. The number of hydrogen-bond acceptors (Lipinski definition) is 8. The zero-order valence-corrected chi connectivity index (χ0v) is 21.6. The number of rotatable bonds is 7. The molecule has 2 atom stereocenters. The average Bonchev–Trinajstić information content (AvgIpc) is 3.49. The summed E-state index contributed by atoms with van der Waals surface area (Å²) < 4.78 is 0. The quantitative estimate of drug-likeness (QED) is 0.379. The number of anilines is 4. The molecule has 2 aromatic carbocycles. The van der Waals surface area contributed by atoms with Crippen LogP contribution in [0.1, 0.15) is 19.8 Å². The van der Waals surface area contributed by atoms with Crippen molar-refractivity contribution in [1.29, 1.82) is 0 Å². The lowest BCUT2D eigenvalue weighted by atomic mass is 10.1. The number of piperazine rings is 1. The molecule has 5 rings (SSSR count). The van der Waals surface area contributed by atoms with E-state index in [2.05, 4.69) is 43.0 Å². The number of nitrogens with one attached hydrogen (secondary N) is 3. The minimum Gasteiger partial charge on any atom is -0.368 e. The van der Waals surface area contributed by atoms with Gasteiger partial charge in [-0.1, -0.05) is 12.1 Å². The SMILES string of the molecule is C[C@@H](N)C(=O)Nc1ccc(-c2ccnc(Nc3ccc(N4CCN(C(=O)[C@H]5CCCN5)CC4)cc3)n2)cc1. The van der Waals surface area contributed by atoms with Crippen LogP contribution in [0, 0.1) is 0 Å². The number of amides is 2. The zero-order chi connectivity index (χ0) is 26.5. The number of carbonyl (C=O) groups is 2. The molecule has 0 spiro atoms. The molecular weight excluding hydrogens is 480 g/mol. The van der Waals surface area contributed by atoms with Gasteiger partial charge in [-0.05, 0) is 68.8 Å². The van der Waals surface area contributed by atoms with Gasteiger partial charge in [0.05, 0.1) is 17.8 Å². The highest BCUT2D eigenvalue weighted by atomic mass is 16.2. The Morgan fingerprint density at radius 3 is 2.37 bits per heavy atom. The number of carbonyl (C=O) groups excluding carboxylic acids is 2. The molecule has 5 N–H and O–H groups in total. The fraction of sp³-hybridized carbons (Fsp3) is 0.357. The molecule has 10 nitrogen and oxygen atoms in total. The first-order valence-electron chi connectivity index (χ1n) is 13.1. The monoisotopic (exact) mass is 514 g/mol. The van der Waals surface area contributed by atoms with Gasteiger partial charge in [0.15, 0.2) is 0 Å². The van der Waals surface area contributed by atoms with Crippen LogP contribution in [0.2, 0.25) is 0 Å². The molecular formula is C28H34N8O2. The van der Waals surface area contributed by atoms with E-state index < -0.39 is 6.04 Å². The van der Waals surface area contributed by atoms with E-state index >= 15 is 0 Å². The third kappa shape index (κ3) is 6.09. The topological polar surface area (TPSA) is 129 Å². The number of benzene rings is 2. The van der Waals surface area contributed by atoms with Gasteiger partial charge >= 0.3 is 0 Å². The van der Waals surface area contributed by atoms with Crippen molar-refractivity contribution in [2.45, 2.75) is 31.8 Å². The molecule has 2 amide bonds. The molecule has 0 bridgehead atoms. The Hall–Kier alpha value is -4.02. The van der Waals surface area contributed by atoms with Crippen LogP contribution < -0.4 is 26.6 Å². The van der Waals surface area contributed by atoms with Crippen LogP contribution in [0.5, 0.6) is 0 Å². The first-order chi connectivity index (χ1) is 18.5. The predicted octanol–water partition coefficient (Wildman–Crippen LogP) is 2.57. The Bertz CT molecular complexity index is 1250. The predicted molar refractivity (Wildman–Crippen MR) is 149 cm³/mol. The number of hydrogen-bond donors (Lipinski definition) is 4. The van der Waals surface area contributed by atoms with Gasteiger partial charge in [0.25, 0.3) is 0 Å². The zero-order valence-electron chi connectivity index (χ0n) is 21.6. The van der Waals surface area contributed by atoms with Crippen molar-refractivity contribution in [1.82, 2.24) is 20.2 Å². The smallest absolute Gasteiger partial charge is 0.240 e. The van der Waals surface area contributed by atoms with Gasteiger partial charge in [-0.2, -0.15) is 0 Å². The van der Waals surface area contributed by atoms with Crippen LogP contribution in [-0.4, -0.2) is 71.5 Å². The molecule has 0 aliphatic carbocycles. The number of nitrogens with zero attached hydrogens (tertiary/aromatic N) is 4. The second kappa shape index (κ2) is 11.6. The molecule has 0 radical (unpaired) electrons. The van der Waals surface area contributed by atoms with E-state index in [1.165, 1.54) is 0 Å². The lowest BCUT2D eigenvalue weighted by Gasteiger charge is -2.37. The Morgan fingerprint density at radius 1 is 1.00 bits per heavy atom. The number of nitrogens with two attached hydrogens (primary N) is 1. The van der Waals surface area contributed by atoms with Gasteiger partial charge in [0, 0.05) is 55.0 Å². The highest BCUT2D eigenvalue weighted by molar-refractivity contribution is 5.94. The second-order valence-electron chi connectivity index (χ2n) is 9.75. The largest absolute Gasteiger partial charge is 0.368 e. The van der Waals surface area contributed by atoms with Gasteiger partial charge < -0.3 is 31.5 Å². The van der Waals surface area contributed by atoms with Gasteiger partial charge in [-0.15, -0.1) is 0 Å². The van der Waals surface area contributed by atoms with Crippen LogP contribution in [0.25, 0.3) is 11.3 Å². The molecule has 3 aromatic rings. The molecule has 0 saturated carbocycles. The summed E-state index contributed by atoms with van der Waals surface area (Å²) in [6.45, 7) is 5.73. The van der Waals surface area contributed by atoms with E-state index in [0.29, 0.717) is 11.6 Å². The standard InChI is InChI=1S/C28H34N8O2/c1-19(29)26(37)32-21-6-4-20(5-7-21)24-12-14-31-28(34-24)33-22-8-10-23(11-9-22)35-15-17-36(18-16-35)27(38)25-3-2-13-30-25/h4-12,14,19,25,30H,2-3,13,15-18,29H2,1H3,(H,32,37)(H,31,33,34)/t19-,25-/m1/s1. The maximum atomic E-state index is 12.7. The fourth-order valence-corrected chi connectivity index (χ4v) is 4.75. The molecule has 3 heterocycles. The minimum atomic E-state index is -0.570. The lowest BCUT2D eigenvalue weighted by Crippen LogP contribution is -2.53. The Morgan fingerprint density at radius 2 is 1.71 bits per heavy atom. The Labute approximate surface area is 222 Å². The third-order valence-electron chi connectivity index (χ3n) is 6.96. The molecule has 198 valence electrons. The van der Waals surface area contributed by atoms with Crippen molar-refractivity contribution in [3.63, 3.8) is 0 Å². The molecule has 2 saturated heterocycles. The highest BCUT2D eigenvalue weighted by Crippen LogP contribution is 2.24. The third-order valence-corrected chi connectivity index (χ3v) is 6.96. The van der Waals surface area contributed by atoms with Crippen molar-refractivity contribution in [3.8, 4) is 11.3 Å². The summed E-state index contributed by atoms with van der Waals surface area (Å²) in [5, 5.41) is 9.36. The van der Waals surface area contributed by atoms with Crippen LogP contribution >= 0.6 is 0 Å². The first-order valence-corrected chi connectivity index (χ1v) is 13.1. The molecule has 1 aromatic heterocycles. The Balaban J connectivity index is 1.17. The maximum Gasteiger partial charge on any atom is 0.240 e. The van der Waals surface area contributed by atoms with Crippen LogP contribution in [-0.2, 0) is 9.59 Å². The summed E-state index contributed by atoms with van der Waals surface area (Å²) in [4.78, 5) is 37.8. The van der Waals surface area contributed by atoms with Crippen LogP contribution in [0.4, 0.5) is 23.0 Å². The fourth-order valence-electron chi connectivity index (χ4n) is 4.75. The number of aromatic nitrogens is 2. The minimum absolute atomic E-state index is 0.0000691.